The summed E-state index contributed by atoms with van der Waals surface area (Å²) in [6.07, 6.45) is 9.81. The summed E-state index contributed by atoms with van der Waals surface area (Å²) < 4.78 is 0. The predicted octanol–water partition coefficient (Wildman–Crippen LogP) is 4.88. The van der Waals surface area contributed by atoms with Crippen LogP contribution in [0.5, 0.6) is 0 Å². The molecule has 1 aliphatic carbocycles. The summed E-state index contributed by atoms with van der Waals surface area (Å²) in [6, 6.07) is 15.2. The van der Waals surface area contributed by atoms with Gasteiger partial charge in [0.2, 0.25) is 0 Å². The first kappa shape index (κ1) is 12.0. The second kappa shape index (κ2) is 5.27. The molecule has 0 bridgehead atoms. The minimum atomic E-state index is 0.976. The summed E-state index contributed by atoms with van der Waals surface area (Å²) >= 11 is 0. The Morgan fingerprint density at radius 1 is 1.05 bits per heavy atom. The molecule has 0 N–H and O–H groups in total. The van der Waals surface area contributed by atoms with Gasteiger partial charge < -0.3 is 0 Å². The van der Waals surface area contributed by atoms with Crippen LogP contribution in [-0.2, 0) is 12.8 Å². The first-order valence-electron chi connectivity index (χ1n) is 6.86. The van der Waals surface area contributed by atoms with E-state index in [4.69, 9.17) is 0 Å². The molecule has 0 saturated carbocycles. The zero-order chi connectivity index (χ0) is 13.1. The monoisotopic (exact) mass is 246 g/mol. The Balaban J connectivity index is 2.03. The van der Waals surface area contributed by atoms with E-state index >= 15 is 0 Å². The van der Waals surface area contributed by atoms with Crippen molar-refractivity contribution < 1.29 is 0 Å². The lowest BCUT2D eigenvalue weighted by molar-refractivity contribution is 0.979. The summed E-state index contributed by atoms with van der Waals surface area (Å²) in [5.74, 6) is 0. The normalized spacial score (nSPS) is 13.1. The summed E-state index contributed by atoms with van der Waals surface area (Å²) in [7, 11) is 0. The second-order valence-electron chi connectivity index (χ2n) is 5.02. The Labute approximate surface area is 115 Å². The highest BCUT2D eigenvalue weighted by atomic mass is 14.2. The van der Waals surface area contributed by atoms with Gasteiger partial charge in [0.1, 0.15) is 0 Å². The molecule has 3 rings (SSSR count). The lowest BCUT2D eigenvalue weighted by Gasteiger charge is -2.17. The van der Waals surface area contributed by atoms with Crippen LogP contribution in [0.15, 0.2) is 55.1 Å². The van der Waals surface area contributed by atoms with Gasteiger partial charge in [-0.25, -0.2) is 0 Å². The van der Waals surface area contributed by atoms with Crippen LogP contribution in [0.25, 0.3) is 12.2 Å². The standard InChI is InChI=1S/C19H18/c1-2-18-17(14-15-8-4-3-5-9-15)13-12-16-10-6-7-11-19(16)18/h2-5,7-9,11-13H,1,6,10,14H2. The third kappa shape index (κ3) is 2.39. The molecule has 0 aromatic heterocycles. The van der Waals surface area contributed by atoms with Crippen molar-refractivity contribution in [2.75, 3.05) is 0 Å². The molecule has 0 radical (unpaired) electrons. The fraction of sp³-hybridized carbons (Fsp3) is 0.158. The Bertz CT molecular complexity index is 618. The summed E-state index contributed by atoms with van der Waals surface area (Å²) in [4.78, 5) is 0. The largest absolute Gasteiger partial charge is 0.0984 e. The van der Waals surface area contributed by atoms with Gasteiger partial charge in [-0.2, -0.15) is 0 Å². The molecule has 0 unspecified atom stereocenters. The zero-order valence-corrected chi connectivity index (χ0v) is 11.1. The first-order valence-corrected chi connectivity index (χ1v) is 6.86. The molecule has 19 heavy (non-hydrogen) atoms. The molecule has 0 atom stereocenters. The van der Waals surface area contributed by atoms with E-state index < -0.39 is 0 Å². The van der Waals surface area contributed by atoms with E-state index in [0.29, 0.717) is 0 Å². The van der Waals surface area contributed by atoms with Crippen LogP contribution in [0.1, 0.15) is 34.2 Å². The van der Waals surface area contributed by atoms with Gasteiger partial charge in [0, 0.05) is 0 Å². The molecule has 94 valence electrons. The van der Waals surface area contributed by atoms with E-state index in [1.807, 2.05) is 6.08 Å². The number of hydrogen-bond donors (Lipinski definition) is 0. The predicted molar refractivity (Wildman–Crippen MR) is 83.1 cm³/mol. The van der Waals surface area contributed by atoms with Crippen LogP contribution in [0.4, 0.5) is 0 Å². The fourth-order valence-corrected chi connectivity index (χ4v) is 2.79. The summed E-state index contributed by atoms with van der Waals surface area (Å²) in [6.45, 7) is 4.01. The highest BCUT2D eigenvalue weighted by Gasteiger charge is 2.11. The molecule has 0 spiro atoms. The van der Waals surface area contributed by atoms with Crippen LogP contribution in [0.3, 0.4) is 0 Å². The van der Waals surface area contributed by atoms with Gasteiger partial charge in [-0.15, -0.1) is 0 Å². The van der Waals surface area contributed by atoms with Crippen molar-refractivity contribution in [3.8, 4) is 0 Å². The lowest BCUT2D eigenvalue weighted by Crippen LogP contribution is -2.01. The Morgan fingerprint density at radius 3 is 2.68 bits per heavy atom. The number of benzene rings is 2. The van der Waals surface area contributed by atoms with Crippen LogP contribution in [-0.4, -0.2) is 0 Å². The van der Waals surface area contributed by atoms with E-state index in [1.54, 1.807) is 0 Å². The van der Waals surface area contributed by atoms with Crippen LogP contribution < -0.4 is 0 Å². The average molecular weight is 246 g/mol. The van der Waals surface area contributed by atoms with Crippen molar-refractivity contribution in [3.05, 3.63) is 82.9 Å². The second-order valence-corrected chi connectivity index (χ2v) is 5.02. The number of fused-ring (bicyclic) bond motifs is 1. The molecule has 2 aromatic rings. The third-order valence-corrected chi connectivity index (χ3v) is 3.77. The molecular weight excluding hydrogens is 228 g/mol. The van der Waals surface area contributed by atoms with E-state index in [2.05, 4.69) is 61.2 Å². The van der Waals surface area contributed by atoms with Crippen LogP contribution in [0.2, 0.25) is 0 Å². The van der Waals surface area contributed by atoms with Gasteiger partial charge in [0.25, 0.3) is 0 Å². The van der Waals surface area contributed by atoms with E-state index in [9.17, 15) is 0 Å². The maximum Gasteiger partial charge on any atom is -0.00196 e. The van der Waals surface area contributed by atoms with Gasteiger partial charge in [-0.05, 0) is 47.1 Å². The van der Waals surface area contributed by atoms with Gasteiger partial charge in [0.05, 0.1) is 0 Å². The lowest BCUT2D eigenvalue weighted by atomic mass is 9.88. The smallest absolute Gasteiger partial charge is 0.00196 e. The molecule has 0 fully saturated rings. The van der Waals surface area contributed by atoms with E-state index in [1.165, 1.54) is 27.8 Å². The Morgan fingerprint density at radius 2 is 1.89 bits per heavy atom. The quantitative estimate of drug-likeness (QED) is 0.724. The van der Waals surface area contributed by atoms with E-state index in [0.717, 1.165) is 19.3 Å². The minimum Gasteiger partial charge on any atom is -0.0984 e. The van der Waals surface area contributed by atoms with E-state index in [-0.39, 0.29) is 0 Å². The first-order chi connectivity index (χ1) is 9.38. The maximum atomic E-state index is 4.01. The van der Waals surface area contributed by atoms with Crippen molar-refractivity contribution in [3.63, 3.8) is 0 Å². The molecule has 1 aliphatic rings. The highest BCUT2D eigenvalue weighted by molar-refractivity contribution is 5.71. The minimum absolute atomic E-state index is 0.976. The number of rotatable bonds is 3. The zero-order valence-electron chi connectivity index (χ0n) is 11.1. The molecule has 0 heteroatoms. The highest BCUT2D eigenvalue weighted by Crippen LogP contribution is 2.28. The van der Waals surface area contributed by atoms with Crippen molar-refractivity contribution >= 4 is 12.2 Å². The van der Waals surface area contributed by atoms with Gasteiger partial charge in [0.15, 0.2) is 0 Å². The SMILES string of the molecule is C=Cc1c(Cc2ccccc2)ccc2c1C=CCC2. The summed E-state index contributed by atoms with van der Waals surface area (Å²) in [5.41, 5.74) is 6.85. The maximum absolute atomic E-state index is 4.01. The van der Waals surface area contributed by atoms with Crippen molar-refractivity contribution in [2.45, 2.75) is 19.3 Å². The van der Waals surface area contributed by atoms with Crippen molar-refractivity contribution in [2.24, 2.45) is 0 Å². The molecular formula is C19H18. The summed E-state index contributed by atoms with van der Waals surface area (Å²) in [5, 5.41) is 0. The van der Waals surface area contributed by atoms with Gasteiger partial charge >= 0.3 is 0 Å². The number of aryl methyl sites for hydroxylation is 1. The van der Waals surface area contributed by atoms with Crippen LogP contribution >= 0.6 is 0 Å². The third-order valence-electron chi connectivity index (χ3n) is 3.77. The van der Waals surface area contributed by atoms with Gasteiger partial charge in [-0.3, -0.25) is 0 Å². The topological polar surface area (TPSA) is 0 Å². The van der Waals surface area contributed by atoms with Crippen LogP contribution in [0, 0.1) is 0 Å². The molecule has 0 heterocycles. The molecule has 0 saturated heterocycles. The molecule has 0 amide bonds. The average Bonchev–Trinajstić information content (AvgIpc) is 2.48. The Hall–Kier alpha value is -2.08. The molecule has 0 nitrogen and oxygen atoms in total. The van der Waals surface area contributed by atoms with Crippen molar-refractivity contribution in [1.82, 2.24) is 0 Å². The Kier molecular flexibility index (Phi) is 3.33. The molecule has 2 aromatic carbocycles. The fourth-order valence-electron chi connectivity index (χ4n) is 2.79. The van der Waals surface area contributed by atoms with Gasteiger partial charge in [-0.1, -0.05) is 67.3 Å². The number of hydrogen-bond acceptors (Lipinski definition) is 0. The molecule has 0 aliphatic heterocycles. The van der Waals surface area contributed by atoms with Crippen molar-refractivity contribution in [1.29, 1.82) is 0 Å². The number of allylic oxidation sites excluding steroid dienone is 1.